The summed E-state index contributed by atoms with van der Waals surface area (Å²) in [5, 5.41) is 4.30. The number of benzene rings is 1. The van der Waals surface area contributed by atoms with E-state index in [0.717, 1.165) is 27.8 Å². The molecule has 1 aliphatic heterocycles. The summed E-state index contributed by atoms with van der Waals surface area (Å²) in [6.07, 6.45) is 0. The predicted molar refractivity (Wildman–Crippen MR) is 96.8 cm³/mol. The molecule has 2 heterocycles. The Bertz CT molecular complexity index is 984. The van der Waals surface area contributed by atoms with Crippen molar-refractivity contribution in [2.24, 2.45) is 5.73 Å². The number of morpholine rings is 1. The molecule has 0 radical (unpaired) electrons. The zero-order chi connectivity index (χ0) is 19.6. The van der Waals surface area contributed by atoms with Gasteiger partial charge >= 0.3 is 0 Å². The summed E-state index contributed by atoms with van der Waals surface area (Å²) in [5.41, 5.74) is 5.30. The lowest BCUT2D eigenvalue weighted by Gasteiger charge is -2.26. The molecule has 3 rings (SSSR count). The van der Waals surface area contributed by atoms with Gasteiger partial charge in [0.25, 0.3) is 11.8 Å². The second kappa shape index (κ2) is 7.72. The van der Waals surface area contributed by atoms with Crippen molar-refractivity contribution in [3.63, 3.8) is 0 Å². The van der Waals surface area contributed by atoms with Crippen LogP contribution in [0.4, 0.5) is 9.39 Å². The molecule has 3 N–H and O–H groups in total. The van der Waals surface area contributed by atoms with Crippen molar-refractivity contribution in [1.29, 1.82) is 0 Å². The number of amides is 2. The monoisotopic (exact) mass is 413 g/mol. The molecule has 0 atom stereocenters. The SMILES string of the molecule is NC(=O)c1ccsc1NC(=O)c1ccc(F)c(S(=O)(=O)N2CCOCC2)c1. The molecule has 1 aromatic heterocycles. The quantitative estimate of drug-likeness (QED) is 0.765. The van der Waals surface area contributed by atoms with Crippen LogP contribution in [0.5, 0.6) is 0 Å². The number of primary amides is 1. The highest BCUT2D eigenvalue weighted by molar-refractivity contribution is 7.89. The maximum absolute atomic E-state index is 14.2. The van der Waals surface area contributed by atoms with E-state index in [1.807, 2.05) is 0 Å². The normalized spacial score (nSPS) is 15.4. The number of carbonyl (C=O) groups excluding carboxylic acids is 2. The van der Waals surface area contributed by atoms with E-state index in [1.54, 1.807) is 5.38 Å². The molecule has 1 fully saturated rings. The van der Waals surface area contributed by atoms with Crippen molar-refractivity contribution in [2.75, 3.05) is 31.6 Å². The number of rotatable bonds is 5. The highest BCUT2D eigenvalue weighted by Crippen LogP contribution is 2.25. The number of anilines is 1. The first-order chi connectivity index (χ1) is 12.8. The fourth-order valence-corrected chi connectivity index (χ4v) is 4.83. The first-order valence-corrected chi connectivity index (χ1v) is 10.2. The van der Waals surface area contributed by atoms with Gasteiger partial charge in [-0.2, -0.15) is 4.31 Å². The number of hydrogen-bond donors (Lipinski definition) is 2. The highest BCUT2D eigenvalue weighted by atomic mass is 32.2. The number of ether oxygens (including phenoxy) is 1. The first kappa shape index (κ1) is 19.4. The molecule has 0 saturated carbocycles. The summed E-state index contributed by atoms with van der Waals surface area (Å²) in [7, 11) is -4.11. The number of sulfonamides is 1. The summed E-state index contributed by atoms with van der Waals surface area (Å²) >= 11 is 1.09. The Balaban J connectivity index is 1.89. The highest BCUT2D eigenvalue weighted by Gasteiger charge is 2.30. The maximum Gasteiger partial charge on any atom is 0.256 e. The van der Waals surface area contributed by atoms with Gasteiger partial charge in [-0.05, 0) is 29.6 Å². The van der Waals surface area contributed by atoms with Gasteiger partial charge in [-0.15, -0.1) is 11.3 Å². The number of nitrogens with zero attached hydrogens (tertiary/aromatic N) is 1. The molecule has 2 amide bonds. The summed E-state index contributed by atoms with van der Waals surface area (Å²) in [6, 6.07) is 4.53. The first-order valence-electron chi connectivity index (χ1n) is 7.87. The number of nitrogens with two attached hydrogens (primary N) is 1. The van der Waals surface area contributed by atoms with Crippen LogP contribution in [0, 0.1) is 5.82 Å². The van der Waals surface area contributed by atoms with E-state index in [4.69, 9.17) is 10.5 Å². The second-order valence-corrected chi connectivity index (χ2v) is 8.47. The van der Waals surface area contributed by atoms with Gasteiger partial charge in [0.1, 0.15) is 15.7 Å². The van der Waals surface area contributed by atoms with Gasteiger partial charge in [-0.1, -0.05) is 0 Å². The molecule has 27 heavy (non-hydrogen) atoms. The molecule has 0 spiro atoms. The number of halogens is 1. The molecule has 8 nitrogen and oxygen atoms in total. The fourth-order valence-electron chi connectivity index (χ4n) is 2.54. The average Bonchev–Trinajstić information content (AvgIpc) is 3.11. The van der Waals surface area contributed by atoms with E-state index < -0.39 is 32.6 Å². The van der Waals surface area contributed by atoms with Gasteiger partial charge < -0.3 is 15.8 Å². The third-order valence-electron chi connectivity index (χ3n) is 3.94. The van der Waals surface area contributed by atoms with E-state index >= 15 is 0 Å². The lowest BCUT2D eigenvalue weighted by Crippen LogP contribution is -2.41. The molecule has 0 bridgehead atoms. The Morgan fingerprint density at radius 2 is 1.93 bits per heavy atom. The minimum absolute atomic E-state index is 0.0629. The lowest BCUT2D eigenvalue weighted by atomic mass is 10.2. The molecule has 0 aliphatic carbocycles. The number of nitrogens with one attached hydrogen (secondary N) is 1. The van der Waals surface area contributed by atoms with Crippen molar-refractivity contribution in [1.82, 2.24) is 4.31 Å². The van der Waals surface area contributed by atoms with Crippen LogP contribution in [0.25, 0.3) is 0 Å². The van der Waals surface area contributed by atoms with Crippen LogP contribution in [0.1, 0.15) is 20.7 Å². The Morgan fingerprint density at radius 3 is 2.59 bits per heavy atom. The minimum atomic E-state index is -4.11. The zero-order valence-electron chi connectivity index (χ0n) is 14.0. The fraction of sp³-hybridized carbons (Fsp3) is 0.250. The van der Waals surface area contributed by atoms with Crippen LogP contribution in [-0.4, -0.2) is 50.8 Å². The smallest absolute Gasteiger partial charge is 0.256 e. The van der Waals surface area contributed by atoms with Gasteiger partial charge in [0.15, 0.2) is 0 Å². The Labute approximate surface area is 158 Å². The summed E-state index contributed by atoms with van der Waals surface area (Å²) < 4.78 is 45.8. The van der Waals surface area contributed by atoms with Gasteiger partial charge in [-0.25, -0.2) is 12.8 Å². The van der Waals surface area contributed by atoms with E-state index in [9.17, 15) is 22.4 Å². The molecular formula is C16H16FN3O5S2. The van der Waals surface area contributed by atoms with Gasteiger partial charge in [0.05, 0.1) is 18.8 Å². The molecule has 0 unspecified atom stereocenters. The number of hydrogen-bond acceptors (Lipinski definition) is 6. The van der Waals surface area contributed by atoms with Crippen LogP contribution in [0.2, 0.25) is 0 Å². The standard InChI is InChI=1S/C16H16FN3O5S2/c17-12-2-1-10(15(22)19-16-11(14(18)21)3-8-26-16)9-13(12)27(23,24)20-4-6-25-7-5-20/h1-3,8-9H,4-7H2,(H2,18,21)(H,19,22). The largest absolute Gasteiger partial charge is 0.379 e. The Hall–Kier alpha value is -2.34. The summed E-state index contributed by atoms with van der Waals surface area (Å²) in [4.78, 5) is 23.2. The number of thiophene rings is 1. The average molecular weight is 413 g/mol. The molecule has 1 saturated heterocycles. The Morgan fingerprint density at radius 1 is 1.22 bits per heavy atom. The van der Waals surface area contributed by atoms with Crippen molar-refractivity contribution in [3.8, 4) is 0 Å². The van der Waals surface area contributed by atoms with Crippen LogP contribution in [0.3, 0.4) is 0 Å². The number of carbonyl (C=O) groups is 2. The molecule has 144 valence electrons. The van der Waals surface area contributed by atoms with Gasteiger partial charge in [0, 0.05) is 18.7 Å². The van der Waals surface area contributed by atoms with Crippen LogP contribution in [0.15, 0.2) is 34.5 Å². The van der Waals surface area contributed by atoms with Crippen LogP contribution >= 0.6 is 11.3 Å². The molecule has 1 aliphatic rings. The third-order valence-corrected chi connectivity index (χ3v) is 6.68. The second-order valence-electron chi connectivity index (χ2n) is 5.64. The molecular weight excluding hydrogens is 397 g/mol. The molecule has 11 heteroatoms. The van der Waals surface area contributed by atoms with Crippen LogP contribution in [-0.2, 0) is 14.8 Å². The van der Waals surface area contributed by atoms with Crippen molar-refractivity contribution in [3.05, 3.63) is 46.6 Å². The predicted octanol–water partition coefficient (Wildman–Crippen LogP) is 1.26. The van der Waals surface area contributed by atoms with Crippen LogP contribution < -0.4 is 11.1 Å². The lowest BCUT2D eigenvalue weighted by molar-refractivity contribution is 0.0729. The zero-order valence-corrected chi connectivity index (χ0v) is 15.6. The van der Waals surface area contributed by atoms with Gasteiger partial charge in [-0.3, -0.25) is 9.59 Å². The maximum atomic E-state index is 14.2. The third kappa shape index (κ3) is 4.00. The van der Waals surface area contributed by atoms with Gasteiger partial charge in [0.2, 0.25) is 10.0 Å². The molecule has 2 aromatic rings. The summed E-state index contributed by atoms with van der Waals surface area (Å²) in [5.74, 6) is -2.34. The van der Waals surface area contributed by atoms with E-state index in [0.29, 0.717) is 0 Å². The topological polar surface area (TPSA) is 119 Å². The van der Waals surface area contributed by atoms with E-state index in [-0.39, 0.29) is 42.4 Å². The Kier molecular flexibility index (Phi) is 5.56. The van der Waals surface area contributed by atoms with Crippen molar-refractivity contribution < 1.29 is 27.1 Å². The van der Waals surface area contributed by atoms with Crippen molar-refractivity contribution >= 4 is 38.2 Å². The summed E-state index contributed by atoms with van der Waals surface area (Å²) in [6.45, 7) is 0.648. The van der Waals surface area contributed by atoms with E-state index in [1.165, 1.54) is 12.1 Å². The molecule has 1 aromatic carbocycles. The van der Waals surface area contributed by atoms with E-state index in [2.05, 4.69) is 5.32 Å². The minimum Gasteiger partial charge on any atom is -0.379 e. The van der Waals surface area contributed by atoms with Crippen molar-refractivity contribution in [2.45, 2.75) is 4.90 Å².